The van der Waals surface area contributed by atoms with Crippen LogP contribution in [0.2, 0.25) is 0 Å². The topological polar surface area (TPSA) is 86.5 Å². The molecule has 0 atom stereocenters. The average Bonchev–Trinajstić information content (AvgIpc) is 2.29. The van der Waals surface area contributed by atoms with E-state index in [0.717, 1.165) is 10.0 Å². The van der Waals surface area contributed by atoms with Gasteiger partial charge >= 0.3 is 0 Å². The van der Waals surface area contributed by atoms with E-state index in [4.69, 9.17) is 16.2 Å². The largest absolute Gasteiger partial charge is 0.481 e. The second kappa shape index (κ2) is 6.12. The summed E-state index contributed by atoms with van der Waals surface area (Å²) >= 11 is 3.33. The van der Waals surface area contributed by atoms with Gasteiger partial charge in [0.15, 0.2) is 0 Å². The summed E-state index contributed by atoms with van der Waals surface area (Å²) in [5.74, 6) is 0.552. The summed E-state index contributed by atoms with van der Waals surface area (Å²) in [4.78, 5) is 8.22. The number of hydrogen-bond donors (Lipinski definition) is 2. The highest BCUT2D eigenvalue weighted by Crippen LogP contribution is 2.20. The number of nitrogens with two attached hydrogens (primary N) is 2. The summed E-state index contributed by atoms with van der Waals surface area (Å²) in [6.07, 6.45) is 4.46. The quantitative estimate of drug-likeness (QED) is 0.813. The Morgan fingerprint density at radius 2 is 2.44 bits per heavy atom. The molecule has 1 rings (SSSR count). The van der Waals surface area contributed by atoms with Gasteiger partial charge in [0, 0.05) is 28.6 Å². The number of halogens is 1. The van der Waals surface area contributed by atoms with E-state index in [-0.39, 0.29) is 0 Å². The van der Waals surface area contributed by atoms with Crippen molar-refractivity contribution < 1.29 is 4.74 Å². The van der Waals surface area contributed by atoms with Crippen LogP contribution in [0.1, 0.15) is 5.56 Å². The lowest BCUT2D eigenvalue weighted by Gasteiger charge is -2.04. The zero-order valence-corrected chi connectivity index (χ0v) is 10.4. The van der Waals surface area contributed by atoms with Crippen molar-refractivity contribution in [2.75, 3.05) is 7.11 Å². The Kier molecular flexibility index (Phi) is 4.78. The van der Waals surface area contributed by atoms with E-state index in [1.807, 2.05) is 6.07 Å². The Hall–Kier alpha value is -1.56. The molecular weight excluding hydrogens is 272 g/mol. The van der Waals surface area contributed by atoms with Crippen molar-refractivity contribution in [3.8, 4) is 5.88 Å². The van der Waals surface area contributed by atoms with Gasteiger partial charge in [0.25, 0.3) is 0 Å². The molecule has 0 aliphatic rings. The molecule has 16 heavy (non-hydrogen) atoms. The number of allylic oxidation sites excluding steroid dienone is 1. The average molecular weight is 285 g/mol. The van der Waals surface area contributed by atoms with E-state index in [1.54, 1.807) is 13.3 Å². The summed E-state index contributed by atoms with van der Waals surface area (Å²) < 4.78 is 5.98. The maximum absolute atomic E-state index is 5.47. The third-order valence-electron chi connectivity index (χ3n) is 1.78. The molecule has 86 valence electrons. The van der Waals surface area contributed by atoms with Gasteiger partial charge in [0.2, 0.25) is 5.88 Å². The normalized spacial score (nSPS) is 12.0. The minimum atomic E-state index is 0.418. The first-order chi connectivity index (χ1) is 7.67. The van der Waals surface area contributed by atoms with Crippen LogP contribution < -0.4 is 16.2 Å². The van der Waals surface area contributed by atoms with Crippen LogP contribution in [0.4, 0.5) is 0 Å². The predicted octanol–water partition coefficient (Wildman–Crippen LogP) is 1.18. The monoisotopic (exact) mass is 284 g/mol. The van der Waals surface area contributed by atoms with Crippen LogP contribution in [0.5, 0.6) is 5.88 Å². The van der Waals surface area contributed by atoms with Gasteiger partial charge in [-0.2, -0.15) is 0 Å². The molecule has 0 fully saturated rings. The van der Waals surface area contributed by atoms with Crippen LogP contribution >= 0.6 is 15.9 Å². The van der Waals surface area contributed by atoms with Gasteiger partial charge in [-0.25, -0.2) is 4.98 Å². The molecule has 1 aromatic heterocycles. The fourth-order valence-electron chi connectivity index (χ4n) is 1.06. The minimum Gasteiger partial charge on any atom is -0.481 e. The molecule has 0 aromatic carbocycles. The Bertz CT molecular complexity index is 417. The van der Waals surface area contributed by atoms with Crippen molar-refractivity contribution in [2.24, 2.45) is 16.5 Å². The molecule has 0 aliphatic carbocycles. The lowest BCUT2D eigenvalue weighted by molar-refractivity contribution is 0.392. The molecule has 0 saturated carbocycles. The summed E-state index contributed by atoms with van der Waals surface area (Å²) in [7, 11) is 1.57. The summed E-state index contributed by atoms with van der Waals surface area (Å²) in [6, 6.07) is 1.89. The standard InChI is InChI=1S/C10H13BrN4O/c1-16-10-7(2-8(11)5-15-10)4-14-6-9(13)3-12/h2-3,5-6H,4,12-13H2,1H3/b9-3+,14-6?. The maximum atomic E-state index is 5.47. The van der Waals surface area contributed by atoms with Gasteiger partial charge in [-0.05, 0) is 22.0 Å². The van der Waals surface area contributed by atoms with Gasteiger partial charge in [0.05, 0.1) is 19.4 Å². The van der Waals surface area contributed by atoms with E-state index < -0.39 is 0 Å². The second-order valence-corrected chi connectivity index (χ2v) is 3.87. The maximum Gasteiger partial charge on any atom is 0.218 e. The number of hydrogen-bond acceptors (Lipinski definition) is 5. The Morgan fingerprint density at radius 3 is 3.06 bits per heavy atom. The highest BCUT2D eigenvalue weighted by Gasteiger charge is 2.03. The van der Waals surface area contributed by atoms with Gasteiger partial charge in [-0.15, -0.1) is 0 Å². The smallest absolute Gasteiger partial charge is 0.218 e. The van der Waals surface area contributed by atoms with Crippen LogP contribution in [0, 0.1) is 0 Å². The van der Waals surface area contributed by atoms with Crippen molar-refractivity contribution in [3.63, 3.8) is 0 Å². The third-order valence-corrected chi connectivity index (χ3v) is 2.21. The van der Waals surface area contributed by atoms with Crippen molar-refractivity contribution in [1.82, 2.24) is 4.98 Å². The van der Waals surface area contributed by atoms with Gasteiger partial charge in [-0.3, -0.25) is 4.99 Å². The fourth-order valence-corrected chi connectivity index (χ4v) is 1.44. The second-order valence-electron chi connectivity index (χ2n) is 2.96. The van der Waals surface area contributed by atoms with E-state index in [1.165, 1.54) is 12.4 Å². The van der Waals surface area contributed by atoms with Crippen LogP contribution in [0.3, 0.4) is 0 Å². The first-order valence-corrected chi connectivity index (χ1v) is 5.32. The van der Waals surface area contributed by atoms with Gasteiger partial charge in [0.1, 0.15) is 0 Å². The van der Waals surface area contributed by atoms with Crippen molar-refractivity contribution in [1.29, 1.82) is 0 Å². The van der Waals surface area contributed by atoms with E-state index in [9.17, 15) is 0 Å². The lowest BCUT2D eigenvalue weighted by atomic mass is 10.3. The van der Waals surface area contributed by atoms with Gasteiger partial charge in [-0.1, -0.05) is 0 Å². The molecule has 1 heterocycles. The summed E-state index contributed by atoms with van der Waals surface area (Å²) in [5, 5.41) is 0. The Morgan fingerprint density at radius 1 is 1.69 bits per heavy atom. The molecule has 0 unspecified atom stereocenters. The van der Waals surface area contributed by atoms with E-state index in [2.05, 4.69) is 25.9 Å². The Labute approximate surface area is 102 Å². The fraction of sp³-hybridized carbons (Fsp3) is 0.200. The van der Waals surface area contributed by atoms with E-state index >= 15 is 0 Å². The first-order valence-electron chi connectivity index (χ1n) is 4.53. The number of aromatic nitrogens is 1. The third kappa shape index (κ3) is 3.54. The Balaban J connectivity index is 2.80. The van der Waals surface area contributed by atoms with Crippen molar-refractivity contribution in [2.45, 2.75) is 6.54 Å². The number of nitrogens with zero attached hydrogens (tertiary/aromatic N) is 2. The van der Waals surface area contributed by atoms with Crippen LogP contribution in [-0.2, 0) is 6.54 Å². The number of aliphatic imine (C=N–C) groups is 1. The minimum absolute atomic E-state index is 0.418. The first kappa shape index (κ1) is 12.5. The molecule has 4 N–H and O–H groups in total. The summed E-state index contributed by atoms with van der Waals surface area (Å²) in [6.45, 7) is 0.435. The zero-order chi connectivity index (χ0) is 12.0. The molecule has 0 saturated heterocycles. The van der Waals surface area contributed by atoms with Crippen molar-refractivity contribution in [3.05, 3.63) is 34.2 Å². The molecule has 6 heteroatoms. The molecular formula is C10H13BrN4O. The van der Waals surface area contributed by atoms with Gasteiger partial charge < -0.3 is 16.2 Å². The molecule has 0 amide bonds. The van der Waals surface area contributed by atoms with E-state index in [0.29, 0.717) is 18.1 Å². The zero-order valence-electron chi connectivity index (χ0n) is 8.85. The highest BCUT2D eigenvalue weighted by molar-refractivity contribution is 9.10. The molecule has 1 aromatic rings. The molecule has 0 bridgehead atoms. The number of rotatable bonds is 4. The van der Waals surface area contributed by atoms with Crippen LogP contribution in [0.15, 0.2) is 33.6 Å². The number of ether oxygens (including phenoxy) is 1. The van der Waals surface area contributed by atoms with Crippen LogP contribution in [-0.4, -0.2) is 18.3 Å². The predicted molar refractivity (Wildman–Crippen MR) is 67.1 cm³/mol. The SMILES string of the molecule is COc1ncc(Br)cc1CN=C/C(N)=C\N. The highest BCUT2D eigenvalue weighted by atomic mass is 79.9. The van der Waals surface area contributed by atoms with Crippen molar-refractivity contribution >= 4 is 22.1 Å². The molecule has 0 radical (unpaired) electrons. The molecule has 0 spiro atoms. The summed E-state index contributed by atoms with van der Waals surface area (Å²) in [5.41, 5.74) is 12.0. The molecule has 0 aliphatic heterocycles. The lowest BCUT2D eigenvalue weighted by Crippen LogP contribution is -2.02. The van der Waals surface area contributed by atoms with Crippen LogP contribution in [0.25, 0.3) is 0 Å². The number of methoxy groups -OCH3 is 1. The number of pyridine rings is 1. The molecule has 5 nitrogen and oxygen atoms in total.